The van der Waals surface area contributed by atoms with Gasteiger partial charge < -0.3 is 10.6 Å². The Morgan fingerprint density at radius 1 is 1.40 bits per heavy atom. The highest BCUT2D eigenvalue weighted by Gasteiger charge is 2.29. The molecule has 3 nitrogen and oxygen atoms in total. The summed E-state index contributed by atoms with van der Waals surface area (Å²) in [6.45, 7) is 11.3. The number of carbonyl (C=O) groups is 1. The zero-order valence-electron chi connectivity index (χ0n) is 10.4. The minimum absolute atomic E-state index is 0.171. The Morgan fingerprint density at radius 3 is 2.53 bits per heavy atom. The van der Waals surface area contributed by atoms with Crippen LogP contribution in [-0.4, -0.2) is 25.5 Å². The molecule has 2 unspecified atom stereocenters. The van der Waals surface area contributed by atoms with Crippen LogP contribution in [0.3, 0.4) is 0 Å². The molecule has 15 heavy (non-hydrogen) atoms. The Morgan fingerprint density at radius 2 is 2.07 bits per heavy atom. The zero-order valence-corrected chi connectivity index (χ0v) is 10.4. The van der Waals surface area contributed by atoms with E-state index in [0.717, 1.165) is 26.1 Å². The fourth-order valence-corrected chi connectivity index (χ4v) is 1.85. The molecule has 0 radical (unpaired) electrons. The van der Waals surface area contributed by atoms with E-state index in [1.54, 1.807) is 0 Å². The quantitative estimate of drug-likeness (QED) is 0.742. The summed E-state index contributed by atoms with van der Waals surface area (Å²) < 4.78 is 0. The molecule has 1 fully saturated rings. The van der Waals surface area contributed by atoms with Crippen molar-refractivity contribution in [3.8, 4) is 0 Å². The van der Waals surface area contributed by atoms with E-state index < -0.39 is 0 Å². The van der Waals surface area contributed by atoms with Crippen molar-refractivity contribution in [2.45, 2.75) is 34.1 Å². The summed E-state index contributed by atoms with van der Waals surface area (Å²) in [6, 6.07) is 0. The molecule has 0 aromatic heterocycles. The first kappa shape index (κ1) is 12.5. The van der Waals surface area contributed by atoms with Gasteiger partial charge in [-0.2, -0.15) is 0 Å². The summed E-state index contributed by atoms with van der Waals surface area (Å²) in [4.78, 5) is 11.8. The lowest BCUT2D eigenvalue weighted by Crippen LogP contribution is -2.35. The maximum absolute atomic E-state index is 11.8. The lowest BCUT2D eigenvalue weighted by molar-refractivity contribution is -0.125. The Kier molecular flexibility index (Phi) is 4.14. The minimum Gasteiger partial charge on any atom is -0.356 e. The standard InChI is InChI=1S/C12H24N2O/c1-9-7-13-8-10(9)11(15)14-6-5-12(2,3)4/h9-10,13H,5-8H2,1-4H3,(H,14,15). The maximum atomic E-state index is 11.8. The van der Waals surface area contributed by atoms with Crippen molar-refractivity contribution in [1.82, 2.24) is 10.6 Å². The van der Waals surface area contributed by atoms with Crippen LogP contribution < -0.4 is 10.6 Å². The predicted octanol–water partition coefficient (Wildman–Crippen LogP) is 1.39. The third-order valence-corrected chi connectivity index (χ3v) is 3.03. The lowest BCUT2D eigenvalue weighted by Gasteiger charge is -2.20. The molecule has 0 aliphatic carbocycles. The molecule has 2 N–H and O–H groups in total. The van der Waals surface area contributed by atoms with Crippen LogP contribution in [0, 0.1) is 17.3 Å². The second kappa shape index (κ2) is 4.97. The molecule has 2 atom stereocenters. The van der Waals surface area contributed by atoms with Gasteiger partial charge in [0.15, 0.2) is 0 Å². The van der Waals surface area contributed by atoms with Crippen LogP contribution in [0.15, 0.2) is 0 Å². The van der Waals surface area contributed by atoms with Gasteiger partial charge in [-0.3, -0.25) is 4.79 Å². The molecule has 1 heterocycles. The van der Waals surface area contributed by atoms with Crippen LogP contribution in [0.4, 0.5) is 0 Å². The molecule has 0 spiro atoms. The molecular formula is C12H24N2O. The van der Waals surface area contributed by atoms with Gasteiger partial charge in [-0.05, 0) is 24.3 Å². The number of carbonyl (C=O) groups excluding carboxylic acids is 1. The third kappa shape index (κ3) is 4.20. The Labute approximate surface area is 93.0 Å². The van der Waals surface area contributed by atoms with Crippen LogP contribution >= 0.6 is 0 Å². The third-order valence-electron chi connectivity index (χ3n) is 3.03. The molecule has 1 aliphatic rings. The molecule has 0 aromatic rings. The van der Waals surface area contributed by atoms with Gasteiger partial charge in [-0.1, -0.05) is 27.7 Å². The van der Waals surface area contributed by atoms with Crippen molar-refractivity contribution < 1.29 is 4.79 Å². The van der Waals surface area contributed by atoms with E-state index in [9.17, 15) is 4.79 Å². The first-order valence-corrected chi connectivity index (χ1v) is 5.88. The van der Waals surface area contributed by atoms with E-state index in [1.807, 2.05) is 0 Å². The molecule has 0 bridgehead atoms. The fraction of sp³-hybridized carbons (Fsp3) is 0.917. The molecule has 1 amide bonds. The second-order valence-corrected chi connectivity index (χ2v) is 5.84. The highest BCUT2D eigenvalue weighted by Crippen LogP contribution is 2.18. The lowest BCUT2D eigenvalue weighted by atomic mass is 9.92. The van der Waals surface area contributed by atoms with E-state index in [2.05, 4.69) is 38.3 Å². The van der Waals surface area contributed by atoms with Crippen LogP contribution in [0.2, 0.25) is 0 Å². The second-order valence-electron chi connectivity index (χ2n) is 5.84. The minimum atomic E-state index is 0.171. The predicted molar refractivity (Wildman–Crippen MR) is 62.6 cm³/mol. The average molecular weight is 212 g/mol. The van der Waals surface area contributed by atoms with E-state index in [4.69, 9.17) is 0 Å². The summed E-state index contributed by atoms with van der Waals surface area (Å²) in [5.41, 5.74) is 0.298. The van der Waals surface area contributed by atoms with Crippen molar-refractivity contribution in [1.29, 1.82) is 0 Å². The topological polar surface area (TPSA) is 41.1 Å². The summed E-state index contributed by atoms with van der Waals surface area (Å²) in [7, 11) is 0. The molecule has 3 heteroatoms. The summed E-state index contributed by atoms with van der Waals surface area (Å²) in [6.07, 6.45) is 1.03. The van der Waals surface area contributed by atoms with Gasteiger partial charge in [0.2, 0.25) is 5.91 Å². The summed E-state index contributed by atoms with van der Waals surface area (Å²) in [5, 5.41) is 6.28. The van der Waals surface area contributed by atoms with Crippen molar-refractivity contribution in [3.63, 3.8) is 0 Å². The van der Waals surface area contributed by atoms with Crippen molar-refractivity contribution in [2.24, 2.45) is 17.3 Å². The highest BCUT2D eigenvalue weighted by molar-refractivity contribution is 5.79. The van der Waals surface area contributed by atoms with E-state index in [1.165, 1.54) is 0 Å². The van der Waals surface area contributed by atoms with Gasteiger partial charge in [0.25, 0.3) is 0 Å². The van der Waals surface area contributed by atoms with Crippen LogP contribution in [0.25, 0.3) is 0 Å². The number of rotatable bonds is 3. The number of nitrogens with one attached hydrogen (secondary N) is 2. The molecule has 0 aromatic carbocycles. The zero-order chi connectivity index (χ0) is 11.5. The SMILES string of the molecule is CC1CNCC1C(=O)NCCC(C)(C)C. The smallest absolute Gasteiger partial charge is 0.224 e. The maximum Gasteiger partial charge on any atom is 0.224 e. The molecule has 0 saturated carbocycles. The number of hydrogen-bond donors (Lipinski definition) is 2. The fourth-order valence-electron chi connectivity index (χ4n) is 1.85. The first-order chi connectivity index (χ1) is 6.90. The Bertz CT molecular complexity index is 220. The first-order valence-electron chi connectivity index (χ1n) is 5.88. The number of hydrogen-bond acceptors (Lipinski definition) is 2. The Balaban J connectivity index is 2.24. The van der Waals surface area contributed by atoms with Gasteiger partial charge in [0, 0.05) is 13.1 Å². The van der Waals surface area contributed by atoms with Gasteiger partial charge in [-0.25, -0.2) is 0 Å². The normalized spacial score (nSPS) is 26.7. The van der Waals surface area contributed by atoms with Crippen LogP contribution in [0.5, 0.6) is 0 Å². The summed E-state index contributed by atoms with van der Waals surface area (Å²) >= 11 is 0. The molecule has 1 saturated heterocycles. The Hall–Kier alpha value is -0.570. The monoisotopic (exact) mass is 212 g/mol. The molecule has 1 rings (SSSR count). The van der Waals surface area contributed by atoms with Crippen molar-refractivity contribution in [2.75, 3.05) is 19.6 Å². The van der Waals surface area contributed by atoms with Gasteiger partial charge in [-0.15, -0.1) is 0 Å². The number of amides is 1. The summed E-state index contributed by atoms with van der Waals surface area (Å²) in [5.74, 6) is 0.862. The molecule has 88 valence electrons. The molecule has 1 aliphatic heterocycles. The van der Waals surface area contributed by atoms with Crippen LogP contribution in [0.1, 0.15) is 34.1 Å². The van der Waals surface area contributed by atoms with Crippen molar-refractivity contribution >= 4 is 5.91 Å². The van der Waals surface area contributed by atoms with Gasteiger partial charge >= 0.3 is 0 Å². The van der Waals surface area contributed by atoms with E-state index >= 15 is 0 Å². The van der Waals surface area contributed by atoms with E-state index in [0.29, 0.717) is 11.3 Å². The van der Waals surface area contributed by atoms with E-state index in [-0.39, 0.29) is 11.8 Å². The molecular weight excluding hydrogens is 188 g/mol. The largest absolute Gasteiger partial charge is 0.356 e. The van der Waals surface area contributed by atoms with Gasteiger partial charge in [0.05, 0.1) is 5.92 Å². The van der Waals surface area contributed by atoms with Crippen molar-refractivity contribution in [3.05, 3.63) is 0 Å². The highest BCUT2D eigenvalue weighted by atomic mass is 16.1. The van der Waals surface area contributed by atoms with Crippen LogP contribution in [-0.2, 0) is 4.79 Å². The van der Waals surface area contributed by atoms with Gasteiger partial charge in [0.1, 0.15) is 0 Å². The average Bonchev–Trinajstić information content (AvgIpc) is 2.48.